The third kappa shape index (κ3) is 2.13. The monoisotopic (exact) mass is 195 g/mol. The van der Waals surface area contributed by atoms with Crippen LogP contribution in [0.3, 0.4) is 0 Å². The number of likely N-dealkylation sites (N-methyl/N-ethyl adjacent to an activating group) is 1. The van der Waals surface area contributed by atoms with Gasteiger partial charge in [0.15, 0.2) is 5.89 Å². The molecule has 4 nitrogen and oxygen atoms in total. The van der Waals surface area contributed by atoms with Gasteiger partial charge in [0, 0.05) is 26.1 Å². The van der Waals surface area contributed by atoms with Gasteiger partial charge in [-0.1, -0.05) is 0 Å². The third-order valence-electron chi connectivity index (χ3n) is 2.74. The van der Waals surface area contributed by atoms with Gasteiger partial charge in [-0.05, 0) is 20.0 Å². The van der Waals surface area contributed by atoms with Crippen LogP contribution in [0.1, 0.15) is 18.0 Å². The summed E-state index contributed by atoms with van der Waals surface area (Å²) in [7, 11) is 2.14. The van der Waals surface area contributed by atoms with Gasteiger partial charge in [-0.2, -0.15) is 0 Å². The standard InChI is InChI=1S/C10H17N3O/c1-8-12-9(7-14-8)6-13(2)10-3-4-11-5-10/h7,10-11H,3-6H2,1-2H3. The SMILES string of the molecule is Cc1nc(CN(C)C2CCNC2)co1. The maximum atomic E-state index is 5.17. The predicted molar refractivity (Wildman–Crippen MR) is 54.0 cm³/mol. The fourth-order valence-electron chi connectivity index (χ4n) is 1.88. The van der Waals surface area contributed by atoms with Gasteiger partial charge < -0.3 is 9.73 Å². The molecule has 0 aliphatic carbocycles. The molecular weight excluding hydrogens is 178 g/mol. The molecule has 1 aliphatic rings. The first kappa shape index (κ1) is 9.68. The number of hydrogen-bond donors (Lipinski definition) is 1. The number of hydrogen-bond acceptors (Lipinski definition) is 4. The summed E-state index contributed by atoms with van der Waals surface area (Å²) >= 11 is 0. The van der Waals surface area contributed by atoms with Crippen LogP contribution in [-0.2, 0) is 6.54 Å². The molecule has 2 heterocycles. The van der Waals surface area contributed by atoms with Crippen LogP contribution in [0.5, 0.6) is 0 Å². The second-order valence-electron chi connectivity index (χ2n) is 3.92. The summed E-state index contributed by atoms with van der Waals surface area (Å²) in [4.78, 5) is 6.62. The van der Waals surface area contributed by atoms with Crippen LogP contribution >= 0.6 is 0 Å². The minimum atomic E-state index is 0.645. The summed E-state index contributed by atoms with van der Waals surface area (Å²) in [6.45, 7) is 4.98. The van der Waals surface area contributed by atoms with Gasteiger partial charge in [-0.3, -0.25) is 4.90 Å². The lowest BCUT2D eigenvalue weighted by Crippen LogP contribution is -2.32. The lowest BCUT2D eigenvalue weighted by atomic mass is 10.2. The molecule has 1 unspecified atom stereocenters. The van der Waals surface area contributed by atoms with Crippen LogP contribution in [0, 0.1) is 6.92 Å². The molecule has 0 aromatic carbocycles. The normalized spacial score (nSPS) is 22.1. The van der Waals surface area contributed by atoms with Gasteiger partial charge in [0.1, 0.15) is 6.26 Å². The zero-order valence-corrected chi connectivity index (χ0v) is 8.79. The molecule has 1 N–H and O–H groups in total. The van der Waals surface area contributed by atoms with E-state index in [1.807, 2.05) is 6.92 Å². The molecule has 1 fully saturated rings. The smallest absolute Gasteiger partial charge is 0.191 e. The number of rotatable bonds is 3. The summed E-state index contributed by atoms with van der Waals surface area (Å²) in [5.41, 5.74) is 1.02. The van der Waals surface area contributed by atoms with Gasteiger partial charge in [0.05, 0.1) is 5.69 Å². The first-order chi connectivity index (χ1) is 6.75. The van der Waals surface area contributed by atoms with Crippen LogP contribution in [0.2, 0.25) is 0 Å². The van der Waals surface area contributed by atoms with Crippen molar-refractivity contribution in [1.29, 1.82) is 0 Å². The van der Waals surface area contributed by atoms with E-state index in [1.54, 1.807) is 6.26 Å². The Hall–Kier alpha value is -0.870. The van der Waals surface area contributed by atoms with Crippen molar-refractivity contribution in [2.75, 3.05) is 20.1 Å². The number of oxazole rings is 1. The second kappa shape index (κ2) is 4.11. The summed E-state index contributed by atoms with van der Waals surface area (Å²) in [6.07, 6.45) is 2.97. The molecule has 4 heteroatoms. The van der Waals surface area contributed by atoms with Gasteiger partial charge in [-0.15, -0.1) is 0 Å². The molecule has 0 spiro atoms. The van der Waals surface area contributed by atoms with Gasteiger partial charge >= 0.3 is 0 Å². The van der Waals surface area contributed by atoms with E-state index < -0.39 is 0 Å². The highest BCUT2D eigenvalue weighted by Crippen LogP contribution is 2.10. The molecule has 1 aromatic heterocycles. The Bertz CT molecular complexity index is 291. The molecule has 0 amide bonds. The highest BCUT2D eigenvalue weighted by Gasteiger charge is 2.19. The lowest BCUT2D eigenvalue weighted by molar-refractivity contribution is 0.246. The van der Waals surface area contributed by atoms with Gasteiger partial charge in [-0.25, -0.2) is 4.98 Å². The van der Waals surface area contributed by atoms with E-state index in [0.29, 0.717) is 6.04 Å². The van der Waals surface area contributed by atoms with Crippen molar-refractivity contribution in [3.63, 3.8) is 0 Å². The van der Waals surface area contributed by atoms with Crippen LogP contribution in [0.25, 0.3) is 0 Å². The van der Waals surface area contributed by atoms with Gasteiger partial charge in [0.25, 0.3) is 0 Å². The highest BCUT2D eigenvalue weighted by molar-refractivity contribution is 4.96. The fraction of sp³-hybridized carbons (Fsp3) is 0.700. The average Bonchev–Trinajstić information content (AvgIpc) is 2.75. The summed E-state index contributed by atoms with van der Waals surface area (Å²) in [6, 6.07) is 0.645. The Labute approximate surface area is 84.3 Å². The van der Waals surface area contributed by atoms with Crippen molar-refractivity contribution in [3.8, 4) is 0 Å². The maximum absolute atomic E-state index is 5.17. The molecule has 78 valence electrons. The predicted octanol–water partition coefficient (Wildman–Crippen LogP) is 0.777. The highest BCUT2D eigenvalue weighted by atomic mass is 16.3. The fourth-order valence-corrected chi connectivity index (χ4v) is 1.88. The Morgan fingerprint density at radius 1 is 1.71 bits per heavy atom. The Morgan fingerprint density at radius 3 is 3.14 bits per heavy atom. The number of aryl methyl sites for hydroxylation is 1. The number of nitrogens with zero attached hydrogens (tertiary/aromatic N) is 2. The Kier molecular flexibility index (Phi) is 2.84. The molecule has 2 rings (SSSR count). The average molecular weight is 195 g/mol. The zero-order chi connectivity index (χ0) is 9.97. The first-order valence-corrected chi connectivity index (χ1v) is 5.07. The maximum Gasteiger partial charge on any atom is 0.191 e. The topological polar surface area (TPSA) is 41.3 Å². The van der Waals surface area contributed by atoms with E-state index in [4.69, 9.17) is 4.42 Å². The number of aromatic nitrogens is 1. The van der Waals surface area contributed by atoms with Crippen molar-refractivity contribution in [1.82, 2.24) is 15.2 Å². The summed E-state index contributed by atoms with van der Waals surface area (Å²) in [5, 5.41) is 3.36. The summed E-state index contributed by atoms with van der Waals surface area (Å²) in [5.74, 6) is 0.748. The van der Waals surface area contributed by atoms with Crippen molar-refractivity contribution in [2.45, 2.75) is 25.9 Å². The van der Waals surface area contributed by atoms with E-state index in [-0.39, 0.29) is 0 Å². The minimum absolute atomic E-state index is 0.645. The quantitative estimate of drug-likeness (QED) is 0.773. The molecular formula is C10H17N3O. The van der Waals surface area contributed by atoms with Crippen LogP contribution in [0.15, 0.2) is 10.7 Å². The van der Waals surface area contributed by atoms with E-state index in [1.165, 1.54) is 6.42 Å². The van der Waals surface area contributed by atoms with Crippen LogP contribution in [-0.4, -0.2) is 36.1 Å². The Morgan fingerprint density at radius 2 is 2.57 bits per heavy atom. The first-order valence-electron chi connectivity index (χ1n) is 5.07. The third-order valence-corrected chi connectivity index (χ3v) is 2.74. The van der Waals surface area contributed by atoms with Crippen molar-refractivity contribution < 1.29 is 4.42 Å². The van der Waals surface area contributed by atoms with Crippen LogP contribution in [0.4, 0.5) is 0 Å². The molecule has 1 aliphatic heterocycles. The van der Waals surface area contributed by atoms with Crippen molar-refractivity contribution in [2.24, 2.45) is 0 Å². The van der Waals surface area contributed by atoms with Crippen molar-refractivity contribution >= 4 is 0 Å². The minimum Gasteiger partial charge on any atom is -0.449 e. The molecule has 0 bridgehead atoms. The molecule has 14 heavy (non-hydrogen) atoms. The van der Waals surface area contributed by atoms with Crippen LogP contribution < -0.4 is 5.32 Å². The zero-order valence-electron chi connectivity index (χ0n) is 8.79. The van der Waals surface area contributed by atoms with E-state index >= 15 is 0 Å². The van der Waals surface area contributed by atoms with E-state index in [2.05, 4.69) is 22.2 Å². The second-order valence-corrected chi connectivity index (χ2v) is 3.92. The van der Waals surface area contributed by atoms with E-state index in [0.717, 1.165) is 31.2 Å². The summed E-state index contributed by atoms with van der Waals surface area (Å²) < 4.78 is 5.17. The molecule has 1 aromatic rings. The lowest BCUT2D eigenvalue weighted by Gasteiger charge is -2.21. The van der Waals surface area contributed by atoms with Crippen molar-refractivity contribution in [3.05, 3.63) is 17.8 Å². The largest absolute Gasteiger partial charge is 0.449 e. The number of nitrogens with one attached hydrogen (secondary N) is 1. The Balaban J connectivity index is 1.90. The van der Waals surface area contributed by atoms with E-state index in [9.17, 15) is 0 Å². The molecule has 1 atom stereocenters. The molecule has 0 radical (unpaired) electrons. The molecule has 1 saturated heterocycles. The van der Waals surface area contributed by atoms with Gasteiger partial charge in [0.2, 0.25) is 0 Å². The molecule has 0 saturated carbocycles.